The zero-order valence-corrected chi connectivity index (χ0v) is 11.1. The van der Waals surface area contributed by atoms with Gasteiger partial charge in [0, 0.05) is 26.6 Å². The number of hydrogen-bond acceptors (Lipinski definition) is 4. The second kappa shape index (κ2) is 7.71. The zero-order valence-electron chi connectivity index (χ0n) is 11.1. The van der Waals surface area contributed by atoms with Crippen molar-refractivity contribution in [3.05, 3.63) is 12.4 Å². The highest BCUT2D eigenvalue weighted by atomic mass is 16.5. The Bertz CT molecular complexity index is 365. The monoisotopic (exact) mass is 254 g/mol. The number of ether oxygens (including phenoxy) is 1. The summed E-state index contributed by atoms with van der Waals surface area (Å²) in [6.45, 7) is 4.42. The van der Waals surface area contributed by atoms with Gasteiger partial charge < -0.3 is 15.4 Å². The van der Waals surface area contributed by atoms with Crippen LogP contribution in [0.1, 0.15) is 19.8 Å². The van der Waals surface area contributed by atoms with Gasteiger partial charge in [-0.3, -0.25) is 9.48 Å². The van der Waals surface area contributed by atoms with E-state index < -0.39 is 0 Å². The highest BCUT2D eigenvalue weighted by Gasteiger charge is 2.08. The van der Waals surface area contributed by atoms with Crippen LogP contribution in [0, 0.1) is 0 Å². The van der Waals surface area contributed by atoms with Crippen LogP contribution in [0.4, 0.5) is 0 Å². The zero-order chi connectivity index (χ0) is 13.4. The van der Waals surface area contributed by atoms with Crippen molar-refractivity contribution >= 4 is 5.91 Å². The van der Waals surface area contributed by atoms with Crippen molar-refractivity contribution in [3.63, 3.8) is 0 Å². The molecule has 0 aliphatic carbocycles. The third kappa shape index (κ3) is 4.75. The fraction of sp³-hybridized carbons (Fsp3) is 0.667. The molecular weight excluding hydrogens is 232 g/mol. The van der Waals surface area contributed by atoms with Crippen molar-refractivity contribution in [2.24, 2.45) is 5.73 Å². The van der Waals surface area contributed by atoms with Crippen LogP contribution in [-0.4, -0.2) is 47.3 Å². The molecule has 0 bridgehead atoms. The van der Waals surface area contributed by atoms with Crippen molar-refractivity contribution in [2.45, 2.75) is 26.3 Å². The van der Waals surface area contributed by atoms with Crippen molar-refractivity contribution in [3.8, 4) is 5.75 Å². The summed E-state index contributed by atoms with van der Waals surface area (Å²) in [5.41, 5.74) is 5.41. The Balaban J connectivity index is 2.32. The maximum Gasteiger partial charge on any atom is 0.224 e. The molecule has 1 aromatic rings. The average Bonchev–Trinajstić information content (AvgIpc) is 2.81. The minimum Gasteiger partial charge on any atom is -0.491 e. The van der Waals surface area contributed by atoms with Gasteiger partial charge in [-0.15, -0.1) is 0 Å². The van der Waals surface area contributed by atoms with Crippen molar-refractivity contribution in [1.29, 1.82) is 0 Å². The first-order valence-corrected chi connectivity index (χ1v) is 6.26. The van der Waals surface area contributed by atoms with E-state index in [0.29, 0.717) is 32.7 Å². The third-order valence-corrected chi connectivity index (χ3v) is 2.60. The van der Waals surface area contributed by atoms with Crippen LogP contribution in [0.15, 0.2) is 12.4 Å². The van der Waals surface area contributed by atoms with Crippen LogP contribution in [0.5, 0.6) is 5.75 Å². The number of rotatable bonds is 8. The van der Waals surface area contributed by atoms with Crippen molar-refractivity contribution in [1.82, 2.24) is 14.7 Å². The molecule has 0 radical (unpaired) electrons. The van der Waals surface area contributed by atoms with Crippen molar-refractivity contribution in [2.75, 3.05) is 26.7 Å². The van der Waals surface area contributed by atoms with Crippen LogP contribution >= 0.6 is 0 Å². The summed E-state index contributed by atoms with van der Waals surface area (Å²) in [6, 6.07) is 0. The van der Waals surface area contributed by atoms with E-state index in [4.69, 9.17) is 10.5 Å². The molecular formula is C12H22N4O2. The van der Waals surface area contributed by atoms with Crippen LogP contribution in [-0.2, 0) is 11.3 Å². The van der Waals surface area contributed by atoms with E-state index in [2.05, 4.69) is 5.10 Å². The highest BCUT2D eigenvalue weighted by molar-refractivity contribution is 5.75. The van der Waals surface area contributed by atoms with E-state index in [-0.39, 0.29) is 5.91 Å². The second-order valence-electron chi connectivity index (χ2n) is 4.08. The average molecular weight is 254 g/mol. The van der Waals surface area contributed by atoms with Gasteiger partial charge in [0.15, 0.2) is 5.75 Å². The Morgan fingerprint density at radius 2 is 2.39 bits per heavy atom. The number of carbonyl (C=O) groups excluding carboxylic acids is 1. The minimum atomic E-state index is 0.108. The summed E-state index contributed by atoms with van der Waals surface area (Å²) in [7, 11) is 1.80. The van der Waals surface area contributed by atoms with Crippen LogP contribution in [0.25, 0.3) is 0 Å². The van der Waals surface area contributed by atoms with Gasteiger partial charge in [0.2, 0.25) is 5.91 Å². The molecule has 18 heavy (non-hydrogen) atoms. The van der Waals surface area contributed by atoms with Gasteiger partial charge >= 0.3 is 0 Å². The van der Waals surface area contributed by atoms with E-state index in [1.165, 1.54) is 0 Å². The quantitative estimate of drug-likeness (QED) is 0.732. The molecule has 1 amide bonds. The van der Waals surface area contributed by atoms with E-state index in [9.17, 15) is 4.79 Å². The van der Waals surface area contributed by atoms with Crippen LogP contribution in [0.3, 0.4) is 0 Å². The smallest absolute Gasteiger partial charge is 0.224 e. The molecule has 0 spiro atoms. The summed E-state index contributed by atoms with van der Waals surface area (Å²) >= 11 is 0. The minimum absolute atomic E-state index is 0.108. The van der Waals surface area contributed by atoms with Crippen LogP contribution < -0.4 is 10.5 Å². The number of nitrogens with zero attached hydrogens (tertiary/aromatic N) is 3. The molecule has 0 aliphatic rings. The molecule has 0 atom stereocenters. The van der Waals surface area contributed by atoms with E-state index in [1.807, 2.05) is 6.92 Å². The lowest BCUT2D eigenvalue weighted by Crippen LogP contribution is -2.29. The number of aromatic nitrogens is 2. The Morgan fingerprint density at radius 1 is 1.61 bits per heavy atom. The second-order valence-corrected chi connectivity index (χ2v) is 4.08. The van der Waals surface area contributed by atoms with Gasteiger partial charge in [-0.25, -0.2) is 0 Å². The summed E-state index contributed by atoms with van der Waals surface area (Å²) < 4.78 is 7.02. The topological polar surface area (TPSA) is 73.4 Å². The van der Waals surface area contributed by atoms with Crippen LogP contribution in [0.2, 0.25) is 0 Å². The number of carbonyl (C=O) groups is 1. The molecule has 1 aromatic heterocycles. The molecule has 0 fully saturated rings. The Labute approximate surface area is 108 Å². The third-order valence-electron chi connectivity index (χ3n) is 2.60. The summed E-state index contributed by atoms with van der Waals surface area (Å²) in [4.78, 5) is 13.5. The molecule has 0 saturated heterocycles. The summed E-state index contributed by atoms with van der Waals surface area (Å²) in [6.07, 6.45) is 4.73. The first kappa shape index (κ1) is 14.5. The SMILES string of the molecule is CCOc1cnn(CCC(=O)N(C)CCCN)c1. The van der Waals surface area contributed by atoms with E-state index in [1.54, 1.807) is 29.0 Å². The Hall–Kier alpha value is -1.56. The Morgan fingerprint density at radius 3 is 3.06 bits per heavy atom. The van der Waals surface area contributed by atoms with Gasteiger partial charge in [0.05, 0.1) is 19.0 Å². The van der Waals surface area contributed by atoms with Gasteiger partial charge in [0.1, 0.15) is 0 Å². The summed E-state index contributed by atoms with van der Waals surface area (Å²) in [5, 5.41) is 4.13. The number of amides is 1. The molecule has 6 nitrogen and oxygen atoms in total. The van der Waals surface area contributed by atoms with Crippen molar-refractivity contribution < 1.29 is 9.53 Å². The van der Waals surface area contributed by atoms with E-state index >= 15 is 0 Å². The molecule has 2 N–H and O–H groups in total. The van der Waals surface area contributed by atoms with Gasteiger partial charge in [-0.05, 0) is 19.9 Å². The predicted molar refractivity (Wildman–Crippen MR) is 69.3 cm³/mol. The molecule has 1 heterocycles. The molecule has 0 unspecified atom stereocenters. The van der Waals surface area contributed by atoms with Gasteiger partial charge in [-0.1, -0.05) is 0 Å². The largest absolute Gasteiger partial charge is 0.491 e. The lowest BCUT2D eigenvalue weighted by molar-refractivity contribution is -0.130. The Kier molecular flexibility index (Phi) is 6.21. The fourth-order valence-electron chi connectivity index (χ4n) is 1.56. The molecule has 0 aromatic carbocycles. The lowest BCUT2D eigenvalue weighted by atomic mass is 10.3. The first-order chi connectivity index (χ1) is 8.67. The fourth-order valence-corrected chi connectivity index (χ4v) is 1.56. The van der Waals surface area contributed by atoms with E-state index in [0.717, 1.165) is 12.2 Å². The summed E-state index contributed by atoms with van der Waals surface area (Å²) in [5.74, 6) is 0.846. The maximum atomic E-state index is 11.8. The number of aryl methyl sites for hydroxylation is 1. The molecule has 0 aliphatic heterocycles. The van der Waals surface area contributed by atoms with Gasteiger partial charge in [0.25, 0.3) is 0 Å². The lowest BCUT2D eigenvalue weighted by Gasteiger charge is -2.16. The highest BCUT2D eigenvalue weighted by Crippen LogP contribution is 2.08. The maximum absolute atomic E-state index is 11.8. The molecule has 102 valence electrons. The first-order valence-electron chi connectivity index (χ1n) is 6.26. The van der Waals surface area contributed by atoms with Gasteiger partial charge in [-0.2, -0.15) is 5.10 Å². The number of nitrogens with two attached hydrogens (primary N) is 1. The molecule has 1 rings (SSSR count). The normalized spacial score (nSPS) is 10.4. The predicted octanol–water partition coefficient (Wildman–Crippen LogP) is 0.479. The standard InChI is InChI=1S/C12H22N4O2/c1-3-18-11-9-14-16(10-11)8-5-12(17)15(2)7-4-6-13/h9-10H,3-8,13H2,1-2H3. The molecule has 0 saturated carbocycles. The molecule has 6 heteroatoms. The number of hydrogen-bond donors (Lipinski definition) is 1.